The molecule has 0 aliphatic heterocycles. The van der Waals surface area contributed by atoms with E-state index < -0.39 is 0 Å². The van der Waals surface area contributed by atoms with Gasteiger partial charge in [0, 0.05) is 13.0 Å². The third-order valence-corrected chi connectivity index (χ3v) is 5.80. The maximum atomic E-state index is 12.2. The molecule has 4 aliphatic rings. The highest BCUT2D eigenvalue weighted by atomic mass is 16.1. The minimum absolute atomic E-state index is 0.311. The van der Waals surface area contributed by atoms with Crippen LogP contribution in [-0.4, -0.2) is 38.0 Å². The van der Waals surface area contributed by atoms with E-state index >= 15 is 0 Å². The first-order valence-corrected chi connectivity index (χ1v) is 8.46. The van der Waals surface area contributed by atoms with Crippen molar-refractivity contribution in [3.63, 3.8) is 0 Å². The molecule has 0 spiro atoms. The van der Waals surface area contributed by atoms with Gasteiger partial charge in [-0.2, -0.15) is 0 Å². The summed E-state index contributed by atoms with van der Waals surface area (Å²) in [5, 5.41) is 3.15. The summed E-state index contributed by atoms with van der Waals surface area (Å²) in [7, 11) is 4.16. The molecule has 0 unspecified atom stereocenters. The van der Waals surface area contributed by atoms with Crippen LogP contribution in [0.1, 0.15) is 51.4 Å². The quantitative estimate of drug-likeness (QED) is 0.758. The predicted molar refractivity (Wildman–Crippen MR) is 81.4 cm³/mol. The molecule has 3 heteroatoms. The lowest BCUT2D eigenvalue weighted by Crippen LogP contribution is -2.48. The summed E-state index contributed by atoms with van der Waals surface area (Å²) in [6, 6.07) is 0. The second-order valence-corrected chi connectivity index (χ2v) is 8.10. The molecule has 4 saturated carbocycles. The smallest absolute Gasteiger partial charge is 0.220 e. The van der Waals surface area contributed by atoms with Gasteiger partial charge in [-0.3, -0.25) is 4.79 Å². The zero-order chi connectivity index (χ0) is 14.2. The van der Waals surface area contributed by atoms with E-state index in [4.69, 9.17) is 0 Å². The van der Waals surface area contributed by atoms with Gasteiger partial charge in [-0.05, 0) is 88.8 Å². The van der Waals surface area contributed by atoms with Crippen molar-refractivity contribution < 1.29 is 4.79 Å². The lowest BCUT2D eigenvalue weighted by molar-refractivity contribution is -0.129. The van der Waals surface area contributed by atoms with Crippen LogP contribution in [0.3, 0.4) is 0 Å². The van der Waals surface area contributed by atoms with Crippen LogP contribution in [0.15, 0.2) is 0 Å². The fraction of sp³-hybridized carbons (Fsp3) is 0.941. The van der Waals surface area contributed by atoms with Crippen LogP contribution < -0.4 is 5.32 Å². The molecule has 4 rings (SSSR count). The molecule has 20 heavy (non-hydrogen) atoms. The highest BCUT2D eigenvalue weighted by Gasteiger charge is 2.51. The predicted octanol–water partition coefficient (Wildman–Crippen LogP) is 2.66. The average Bonchev–Trinajstić information content (AvgIpc) is 2.32. The number of carbonyl (C=O) groups is 1. The molecular formula is C17H30N2O. The molecule has 4 fully saturated rings. The van der Waals surface area contributed by atoms with Gasteiger partial charge in [-0.25, -0.2) is 0 Å². The van der Waals surface area contributed by atoms with E-state index in [-0.39, 0.29) is 0 Å². The molecular weight excluding hydrogens is 248 g/mol. The van der Waals surface area contributed by atoms with Crippen LogP contribution in [0.25, 0.3) is 0 Å². The van der Waals surface area contributed by atoms with E-state index in [0.29, 0.717) is 11.3 Å². The lowest BCUT2D eigenvalue weighted by Gasteiger charge is -2.56. The Morgan fingerprint density at radius 2 is 1.65 bits per heavy atom. The normalized spacial score (nSPS) is 38.5. The van der Waals surface area contributed by atoms with E-state index in [0.717, 1.165) is 43.7 Å². The van der Waals surface area contributed by atoms with E-state index in [1.54, 1.807) is 0 Å². The van der Waals surface area contributed by atoms with Crippen LogP contribution >= 0.6 is 0 Å². The van der Waals surface area contributed by atoms with Crippen LogP contribution in [0.4, 0.5) is 0 Å². The number of rotatable bonds is 6. The molecule has 4 bridgehead atoms. The molecule has 1 amide bonds. The first kappa shape index (κ1) is 14.4. The van der Waals surface area contributed by atoms with Crippen molar-refractivity contribution in [2.24, 2.45) is 23.2 Å². The van der Waals surface area contributed by atoms with Crippen molar-refractivity contribution in [1.82, 2.24) is 10.2 Å². The fourth-order valence-electron chi connectivity index (χ4n) is 5.53. The Labute approximate surface area is 123 Å². The number of hydrogen-bond acceptors (Lipinski definition) is 2. The third kappa shape index (κ3) is 3.19. The van der Waals surface area contributed by atoms with E-state index in [9.17, 15) is 4.79 Å². The summed E-state index contributed by atoms with van der Waals surface area (Å²) in [5.74, 6) is 3.15. The summed E-state index contributed by atoms with van der Waals surface area (Å²) < 4.78 is 0. The molecule has 114 valence electrons. The summed E-state index contributed by atoms with van der Waals surface area (Å²) in [4.78, 5) is 14.4. The van der Waals surface area contributed by atoms with Gasteiger partial charge in [0.2, 0.25) is 5.91 Å². The summed E-state index contributed by atoms with van der Waals surface area (Å²) in [6.07, 6.45) is 10.3. The van der Waals surface area contributed by atoms with E-state index in [1.165, 1.54) is 38.5 Å². The van der Waals surface area contributed by atoms with Crippen molar-refractivity contribution in [1.29, 1.82) is 0 Å². The van der Waals surface area contributed by atoms with Gasteiger partial charge in [0.15, 0.2) is 0 Å². The fourth-order valence-corrected chi connectivity index (χ4v) is 5.53. The summed E-state index contributed by atoms with van der Waals surface area (Å²) in [5.41, 5.74) is 0.389. The number of carbonyl (C=O) groups excluding carboxylic acids is 1. The molecule has 0 aromatic rings. The summed E-state index contributed by atoms with van der Waals surface area (Å²) in [6.45, 7) is 1.89. The Bertz CT molecular complexity index is 329. The lowest BCUT2D eigenvalue weighted by atomic mass is 9.49. The first-order valence-electron chi connectivity index (χ1n) is 8.46. The molecule has 0 saturated heterocycles. The number of nitrogens with zero attached hydrogens (tertiary/aromatic N) is 1. The maximum Gasteiger partial charge on any atom is 0.220 e. The molecule has 1 N–H and O–H groups in total. The standard InChI is InChI=1S/C17H30N2O/c1-19(2)5-3-4-18-16(20)12-17-9-13-6-14(10-17)8-15(7-13)11-17/h13-15H,3-12H2,1-2H3,(H,18,20). The molecule has 0 radical (unpaired) electrons. The van der Waals surface area contributed by atoms with Gasteiger partial charge >= 0.3 is 0 Å². The molecule has 0 aromatic heterocycles. The Morgan fingerprint density at radius 1 is 1.10 bits per heavy atom. The van der Waals surface area contributed by atoms with Crippen molar-refractivity contribution in [2.45, 2.75) is 51.4 Å². The number of amides is 1. The van der Waals surface area contributed by atoms with Crippen LogP contribution in [0.5, 0.6) is 0 Å². The molecule has 0 aromatic carbocycles. The van der Waals surface area contributed by atoms with Crippen molar-refractivity contribution in [3.8, 4) is 0 Å². The number of hydrogen-bond donors (Lipinski definition) is 1. The minimum Gasteiger partial charge on any atom is -0.356 e. The third-order valence-electron chi connectivity index (χ3n) is 5.80. The summed E-state index contributed by atoms with van der Waals surface area (Å²) >= 11 is 0. The largest absolute Gasteiger partial charge is 0.356 e. The molecule has 3 nitrogen and oxygen atoms in total. The van der Waals surface area contributed by atoms with Gasteiger partial charge < -0.3 is 10.2 Å². The monoisotopic (exact) mass is 278 g/mol. The van der Waals surface area contributed by atoms with E-state index in [1.807, 2.05) is 0 Å². The Morgan fingerprint density at radius 3 is 2.15 bits per heavy atom. The zero-order valence-corrected chi connectivity index (χ0v) is 13.2. The first-order chi connectivity index (χ1) is 9.55. The van der Waals surface area contributed by atoms with Crippen molar-refractivity contribution in [3.05, 3.63) is 0 Å². The van der Waals surface area contributed by atoms with Gasteiger partial charge in [-0.15, -0.1) is 0 Å². The van der Waals surface area contributed by atoms with Crippen LogP contribution in [0.2, 0.25) is 0 Å². The zero-order valence-electron chi connectivity index (χ0n) is 13.2. The van der Waals surface area contributed by atoms with Gasteiger partial charge in [0.1, 0.15) is 0 Å². The Kier molecular flexibility index (Phi) is 4.07. The van der Waals surface area contributed by atoms with Gasteiger partial charge in [0.05, 0.1) is 0 Å². The highest BCUT2D eigenvalue weighted by molar-refractivity contribution is 5.76. The van der Waals surface area contributed by atoms with Crippen LogP contribution in [-0.2, 0) is 4.79 Å². The van der Waals surface area contributed by atoms with E-state index in [2.05, 4.69) is 24.3 Å². The number of nitrogens with one attached hydrogen (secondary N) is 1. The molecule has 0 heterocycles. The SMILES string of the molecule is CN(C)CCCNC(=O)CC12CC3CC(CC(C3)C1)C2. The van der Waals surface area contributed by atoms with Gasteiger partial charge in [-0.1, -0.05) is 0 Å². The second kappa shape index (κ2) is 5.67. The minimum atomic E-state index is 0.311. The molecule has 0 atom stereocenters. The average molecular weight is 278 g/mol. The topological polar surface area (TPSA) is 32.3 Å². The van der Waals surface area contributed by atoms with Crippen LogP contribution in [0, 0.1) is 23.2 Å². The second-order valence-electron chi connectivity index (χ2n) is 8.10. The van der Waals surface area contributed by atoms with Gasteiger partial charge in [0.25, 0.3) is 0 Å². The Balaban J connectivity index is 1.46. The Hall–Kier alpha value is -0.570. The van der Waals surface area contributed by atoms with Crippen molar-refractivity contribution in [2.75, 3.05) is 27.2 Å². The highest BCUT2D eigenvalue weighted by Crippen LogP contribution is 2.61. The van der Waals surface area contributed by atoms with Crippen molar-refractivity contribution >= 4 is 5.91 Å². The maximum absolute atomic E-state index is 12.2. The molecule has 4 aliphatic carbocycles.